The van der Waals surface area contributed by atoms with Crippen LogP contribution in [0.5, 0.6) is 0 Å². The number of carbonyl (C=O) groups excluding carboxylic acids is 2. The molecule has 0 saturated carbocycles. The van der Waals surface area contributed by atoms with Crippen molar-refractivity contribution in [1.82, 2.24) is 19.5 Å². The number of anilines is 1. The van der Waals surface area contributed by atoms with E-state index >= 15 is 0 Å². The van der Waals surface area contributed by atoms with Crippen LogP contribution in [0, 0.1) is 6.92 Å². The molecule has 1 fully saturated rings. The average molecular weight is 412 g/mol. The number of likely N-dealkylation sites (tertiary alicyclic amines) is 1. The zero-order valence-corrected chi connectivity index (χ0v) is 16.9. The highest BCUT2D eigenvalue weighted by Crippen LogP contribution is 2.27. The number of rotatable bonds is 4. The summed E-state index contributed by atoms with van der Waals surface area (Å²) >= 11 is 5.98. The Bertz CT molecular complexity index is 1060. The van der Waals surface area contributed by atoms with Gasteiger partial charge in [-0.15, -0.1) is 10.2 Å². The number of nitrogens with one attached hydrogen (secondary N) is 1. The maximum atomic E-state index is 12.6. The van der Waals surface area contributed by atoms with E-state index in [9.17, 15) is 9.59 Å². The average Bonchev–Trinajstić information content (AvgIpc) is 3.15. The third-order valence-corrected chi connectivity index (χ3v) is 5.57. The summed E-state index contributed by atoms with van der Waals surface area (Å²) in [5, 5.41) is 11.9. The molecule has 1 N–H and O–H groups in total. The van der Waals surface area contributed by atoms with Gasteiger partial charge in [-0.05, 0) is 49.6 Å². The lowest BCUT2D eigenvalue weighted by Crippen LogP contribution is -2.39. The first kappa shape index (κ1) is 19.4. The molecule has 0 aliphatic carbocycles. The summed E-state index contributed by atoms with van der Waals surface area (Å²) < 4.78 is 2.00. The van der Waals surface area contributed by atoms with Crippen molar-refractivity contribution in [3.05, 3.63) is 59.0 Å². The Morgan fingerprint density at radius 2 is 1.97 bits per heavy atom. The summed E-state index contributed by atoms with van der Waals surface area (Å²) in [5.41, 5.74) is 2.36. The molecule has 0 spiro atoms. The van der Waals surface area contributed by atoms with Gasteiger partial charge in [-0.1, -0.05) is 23.7 Å². The molecule has 2 aromatic heterocycles. The zero-order valence-electron chi connectivity index (χ0n) is 16.1. The Hall–Kier alpha value is -2.93. The standard InChI is InChI=1S/C21H22ClN5O2/c1-14-5-6-16(22)12-17(14)23-19(28)13-20(29)26-10-7-15(8-11-26)21-25-24-18-4-2-3-9-27(18)21/h2-6,9,12,15H,7-8,10-11,13H2,1H3,(H,23,28). The van der Waals surface area contributed by atoms with Crippen LogP contribution < -0.4 is 5.32 Å². The largest absolute Gasteiger partial charge is 0.342 e. The maximum absolute atomic E-state index is 12.6. The van der Waals surface area contributed by atoms with E-state index in [1.165, 1.54) is 0 Å². The maximum Gasteiger partial charge on any atom is 0.233 e. The molecule has 3 aromatic rings. The number of halogens is 1. The molecular weight excluding hydrogens is 390 g/mol. The molecule has 2 amide bonds. The normalized spacial score (nSPS) is 14.9. The van der Waals surface area contributed by atoms with Gasteiger partial charge in [-0.25, -0.2) is 0 Å². The number of hydrogen-bond acceptors (Lipinski definition) is 4. The van der Waals surface area contributed by atoms with Gasteiger partial charge < -0.3 is 10.2 Å². The van der Waals surface area contributed by atoms with Gasteiger partial charge in [0.25, 0.3) is 0 Å². The summed E-state index contributed by atoms with van der Waals surface area (Å²) in [6.45, 7) is 3.09. The zero-order chi connectivity index (χ0) is 20.4. The summed E-state index contributed by atoms with van der Waals surface area (Å²) in [5.74, 6) is 0.693. The molecule has 150 valence electrons. The summed E-state index contributed by atoms with van der Waals surface area (Å²) in [7, 11) is 0. The van der Waals surface area contributed by atoms with Crippen LogP contribution in [0.2, 0.25) is 5.02 Å². The number of amides is 2. The minimum absolute atomic E-state index is 0.160. The van der Waals surface area contributed by atoms with Gasteiger partial charge in [0.05, 0.1) is 0 Å². The lowest BCUT2D eigenvalue weighted by Gasteiger charge is -2.31. The van der Waals surface area contributed by atoms with Crippen molar-refractivity contribution >= 4 is 34.7 Å². The van der Waals surface area contributed by atoms with E-state index < -0.39 is 0 Å². The first-order valence-corrected chi connectivity index (χ1v) is 10.0. The van der Waals surface area contributed by atoms with Gasteiger partial charge in [0.15, 0.2) is 5.65 Å². The molecular formula is C21H22ClN5O2. The fraction of sp³-hybridized carbons (Fsp3) is 0.333. The van der Waals surface area contributed by atoms with Crippen LogP contribution in [0.3, 0.4) is 0 Å². The van der Waals surface area contributed by atoms with Crippen LogP contribution in [-0.2, 0) is 9.59 Å². The first-order valence-electron chi connectivity index (χ1n) is 9.64. The molecule has 29 heavy (non-hydrogen) atoms. The van der Waals surface area contributed by atoms with Gasteiger partial charge in [0.2, 0.25) is 11.8 Å². The number of aryl methyl sites for hydroxylation is 1. The van der Waals surface area contributed by atoms with Crippen molar-refractivity contribution < 1.29 is 9.59 Å². The quantitative estimate of drug-likeness (QED) is 0.667. The second kappa shape index (κ2) is 8.21. The van der Waals surface area contributed by atoms with Crippen molar-refractivity contribution in [2.24, 2.45) is 0 Å². The van der Waals surface area contributed by atoms with E-state index in [0.29, 0.717) is 23.8 Å². The first-order chi connectivity index (χ1) is 14.0. The van der Waals surface area contributed by atoms with Crippen molar-refractivity contribution in [2.45, 2.75) is 32.1 Å². The van der Waals surface area contributed by atoms with Crippen LogP contribution in [0.25, 0.3) is 5.65 Å². The predicted octanol–water partition coefficient (Wildman–Crippen LogP) is 3.43. The molecule has 1 aromatic carbocycles. The minimum atomic E-state index is -0.328. The van der Waals surface area contributed by atoms with Crippen LogP contribution in [0.15, 0.2) is 42.6 Å². The predicted molar refractivity (Wildman–Crippen MR) is 111 cm³/mol. The van der Waals surface area contributed by atoms with Gasteiger partial charge in [-0.2, -0.15) is 0 Å². The molecule has 0 atom stereocenters. The van der Waals surface area contributed by atoms with Gasteiger partial charge >= 0.3 is 0 Å². The van der Waals surface area contributed by atoms with Crippen molar-refractivity contribution in [3.63, 3.8) is 0 Å². The van der Waals surface area contributed by atoms with Crippen LogP contribution >= 0.6 is 11.6 Å². The van der Waals surface area contributed by atoms with Gasteiger partial charge in [0, 0.05) is 35.9 Å². The number of pyridine rings is 1. The second-order valence-corrected chi connectivity index (χ2v) is 7.76. The lowest BCUT2D eigenvalue weighted by molar-refractivity contribution is -0.135. The molecule has 7 nitrogen and oxygen atoms in total. The molecule has 1 aliphatic heterocycles. The monoisotopic (exact) mass is 411 g/mol. The van der Waals surface area contributed by atoms with Crippen molar-refractivity contribution in [1.29, 1.82) is 0 Å². The summed E-state index contributed by atoms with van der Waals surface area (Å²) in [6, 6.07) is 11.1. The number of hydrogen-bond donors (Lipinski definition) is 1. The second-order valence-electron chi connectivity index (χ2n) is 7.33. The fourth-order valence-electron chi connectivity index (χ4n) is 3.70. The van der Waals surface area contributed by atoms with Crippen LogP contribution in [-0.4, -0.2) is 44.4 Å². The molecule has 4 rings (SSSR count). The van der Waals surface area contributed by atoms with Crippen LogP contribution in [0.1, 0.15) is 36.6 Å². The Kier molecular flexibility index (Phi) is 5.49. The van der Waals surface area contributed by atoms with Crippen LogP contribution in [0.4, 0.5) is 5.69 Å². The molecule has 3 heterocycles. The van der Waals surface area contributed by atoms with E-state index in [-0.39, 0.29) is 24.2 Å². The van der Waals surface area contributed by atoms with E-state index in [0.717, 1.165) is 29.9 Å². The molecule has 1 aliphatic rings. The molecule has 1 saturated heterocycles. The molecule has 0 unspecified atom stereocenters. The smallest absolute Gasteiger partial charge is 0.233 e. The lowest BCUT2D eigenvalue weighted by atomic mass is 9.95. The number of fused-ring (bicyclic) bond motifs is 1. The Morgan fingerprint density at radius 1 is 1.17 bits per heavy atom. The molecule has 8 heteroatoms. The summed E-state index contributed by atoms with van der Waals surface area (Å²) in [4.78, 5) is 26.6. The summed E-state index contributed by atoms with van der Waals surface area (Å²) in [6.07, 6.45) is 3.39. The topological polar surface area (TPSA) is 79.6 Å². The van der Waals surface area contributed by atoms with E-state index in [4.69, 9.17) is 11.6 Å². The van der Waals surface area contributed by atoms with E-state index in [2.05, 4.69) is 15.5 Å². The van der Waals surface area contributed by atoms with Crippen molar-refractivity contribution in [2.75, 3.05) is 18.4 Å². The number of carbonyl (C=O) groups is 2. The SMILES string of the molecule is Cc1ccc(Cl)cc1NC(=O)CC(=O)N1CCC(c2nnc3ccccn23)CC1. The molecule has 0 bridgehead atoms. The van der Waals surface area contributed by atoms with Gasteiger partial charge in [0.1, 0.15) is 12.2 Å². The molecule has 0 radical (unpaired) electrons. The Morgan fingerprint density at radius 3 is 2.76 bits per heavy atom. The minimum Gasteiger partial charge on any atom is -0.342 e. The van der Waals surface area contributed by atoms with Gasteiger partial charge in [-0.3, -0.25) is 14.0 Å². The highest BCUT2D eigenvalue weighted by Gasteiger charge is 2.27. The number of aromatic nitrogens is 3. The number of benzene rings is 1. The highest BCUT2D eigenvalue weighted by molar-refractivity contribution is 6.31. The van der Waals surface area contributed by atoms with E-state index in [1.54, 1.807) is 17.0 Å². The highest BCUT2D eigenvalue weighted by atomic mass is 35.5. The Balaban J connectivity index is 1.33. The fourth-order valence-corrected chi connectivity index (χ4v) is 3.87. The number of nitrogens with zero attached hydrogens (tertiary/aromatic N) is 4. The van der Waals surface area contributed by atoms with E-state index in [1.807, 2.05) is 41.8 Å². The number of piperidine rings is 1. The Labute approximate surface area is 173 Å². The van der Waals surface area contributed by atoms with Crippen molar-refractivity contribution in [3.8, 4) is 0 Å². The third-order valence-electron chi connectivity index (χ3n) is 5.34. The third kappa shape index (κ3) is 4.24.